The van der Waals surface area contributed by atoms with Gasteiger partial charge in [0, 0.05) is 6.42 Å². The predicted octanol–water partition coefficient (Wildman–Crippen LogP) is 4.14. The second-order valence-corrected chi connectivity index (χ2v) is 4.44. The quantitative estimate of drug-likeness (QED) is 0.706. The Balaban J connectivity index is 2.08. The molecule has 0 saturated heterocycles. The first kappa shape index (κ1) is 10.8. The minimum atomic E-state index is 0.366. The van der Waals surface area contributed by atoms with Crippen molar-refractivity contribution in [2.45, 2.75) is 6.42 Å². The van der Waals surface area contributed by atoms with E-state index in [1.165, 1.54) is 16.3 Å². The maximum atomic E-state index is 9.84. The van der Waals surface area contributed by atoms with Crippen LogP contribution in [0.25, 0.3) is 10.8 Å². The van der Waals surface area contributed by atoms with Crippen molar-refractivity contribution in [2.24, 2.45) is 0 Å². The van der Waals surface area contributed by atoms with Crippen molar-refractivity contribution >= 4 is 10.8 Å². The van der Waals surface area contributed by atoms with Crippen LogP contribution in [0, 0.1) is 0 Å². The van der Waals surface area contributed by atoms with E-state index in [1.54, 1.807) is 6.07 Å². The third-order valence-corrected chi connectivity index (χ3v) is 3.25. The molecule has 18 heavy (non-hydrogen) atoms. The number of hydrogen-bond donors (Lipinski definition) is 1. The molecule has 0 atom stereocenters. The Morgan fingerprint density at radius 1 is 0.667 bits per heavy atom. The van der Waals surface area contributed by atoms with E-state index in [1.807, 2.05) is 24.3 Å². The van der Waals surface area contributed by atoms with Gasteiger partial charge in [0.15, 0.2) is 0 Å². The molecule has 0 spiro atoms. The second kappa shape index (κ2) is 4.53. The van der Waals surface area contributed by atoms with Crippen molar-refractivity contribution in [1.82, 2.24) is 0 Å². The van der Waals surface area contributed by atoms with Crippen LogP contribution >= 0.6 is 0 Å². The molecule has 1 N–H and O–H groups in total. The fourth-order valence-corrected chi connectivity index (χ4v) is 2.31. The average Bonchev–Trinajstić information content (AvgIpc) is 2.42. The van der Waals surface area contributed by atoms with Crippen molar-refractivity contribution in [1.29, 1.82) is 0 Å². The summed E-state index contributed by atoms with van der Waals surface area (Å²) in [5.41, 5.74) is 2.21. The lowest BCUT2D eigenvalue weighted by molar-refractivity contribution is 0.469. The van der Waals surface area contributed by atoms with Gasteiger partial charge in [-0.05, 0) is 28.0 Å². The molecule has 0 unspecified atom stereocenters. The molecule has 0 heterocycles. The molecule has 88 valence electrons. The highest BCUT2D eigenvalue weighted by Gasteiger charge is 2.04. The average molecular weight is 234 g/mol. The number of aromatic hydroxyl groups is 1. The number of phenols is 1. The summed E-state index contributed by atoms with van der Waals surface area (Å²) in [5.74, 6) is 0.366. The summed E-state index contributed by atoms with van der Waals surface area (Å²) in [7, 11) is 0. The summed E-state index contributed by atoms with van der Waals surface area (Å²) >= 11 is 0. The van der Waals surface area contributed by atoms with E-state index in [9.17, 15) is 5.11 Å². The van der Waals surface area contributed by atoms with Gasteiger partial charge >= 0.3 is 0 Å². The highest BCUT2D eigenvalue weighted by Crippen LogP contribution is 2.24. The van der Waals surface area contributed by atoms with Gasteiger partial charge in [0.2, 0.25) is 0 Å². The lowest BCUT2D eigenvalue weighted by Gasteiger charge is -2.08. The zero-order valence-electron chi connectivity index (χ0n) is 10.0. The molecule has 0 aliphatic carbocycles. The fraction of sp³-hybridized carbons (Fsp3) is 0.0588. The number of hydrogen-bond acceptors (Lipinski definition) is 1. The Kier molecular flexibility index (Phi) is 2.73. The smallest absolute Gasteiger partial charge is 0.119 e. The molecule has 1 nitrogen and oxygen atoms in total. The van der Waals surface area contributed by atoms with Gasteiger partial charge in [-0.25, -0.2) is 0 Å². The molecule has 0 saturated carbocycles. The molecule has 0 bridgehead atoms. The zero-order chi connectivity index (χ0) is 12.4. The summed E-state index contributed by atoms with van der Waals surface area (Å²) in [6.07, 6.45) is 0.758. The number of benzene rings is 3. The Morgan fingerprint density at radius 2 is 1.33 bits per heavy atom. The first-order valence-electron chi connectivity index (χ1n) is 6.08. The Hall–Kier alpha value is -2.28. The molecule has 0 aliphatic rings. The summed E-state index contributed by atoms with van der Waals surface area (Å²) in [5, 5.41) is 12.3. The van der Waals surface area contributed by atoms with Crippen LogP contribution < -0.4 is 0 Å². The van der Waals surface area contributed by atoms with E-state index < -0.39 is 0 Å². The van der Waals surface area contributed by atoms with Crippen molar-refractivity contribution < 1.29 is 5.11 Å². The fourth-order valence-electron chi connectivity index (χ4n) is 2.31. The summed E-state index contributed by atoms with van der Waals surface area (Å²) in [6.45, 7) is 0. The van der Waals surface area contributed by atoms with Crippen LogP contribution in [0.15, 0.2) is 66.7 Å². The molecule has 0 fully saturated rings. The minimum absolute atomic E-state index is 0.366. The second-order valence-electron chi connectivity index (χ2n) is 4.44. The maximum absolute atomic E-state index is 9.84. The molecular formula is C17H14O. The number of rotatable bonds is 2. The van der Waals surface area contributed by atoms with Crippen LogP contribution in [0.5, 0.6) is 5.75 Å². The lowest BCUT2D eigenvalue weighted by Crippen LogP contribution is -1.90. The Labute approximate surface area is 106 Å². The predicted molar refractivity (Wildman–Crippen MR) is 74.9 cm³/mol. The van der Waals surface area contributed by atoms with Gasteiger partial charge in [0.05, 0.1) is 0 Å². The van der Waals surface area contributed by atoms with E-state index in [4.69, 9.17) is 0 Å². The molecule has 0 aromatic heterocycles. The van der Waals surface area contributed by atoms with E-state index in [0.29, 0.717) is 5.75 Å². The summed E-state index contributed by atoms with van der Waals surface area (Å²) in [6, 6.07) is 22.2. The van der Waals surface area contributed by atoms with Gasteiger partial charge in [-0.2, -0.15) is 0 Å². The molecule has 0 aliphatic heterocycles. The van der Waals surface area contributed by atoms with E-state index in [0.717, 1.165) is 12.0 Å². The molecule has 1 heteroatoms. The Bertz CT molecular complexity index is 681. The van der Waals surface area contributed by atoms with Crippen LogP contribution in [0.4, 0.5) is 0 Å². The third kappa shape index (κ3) is 1.95. The van der Waals surface area contributed by atoms with Gasteiger partial charge in [-0.15, -0.1) is 0 Å². The first-order valence-corrected chi connectivity index (χ1v) is 6.08. The highest BCUT2D eigenvalue weighted by atomic mass is 16.3. The summed E-state index contributed by atoms with van der Waals surface area (Å²) in [4.78, 5) is 0. The molecule has 3 rings (SSSR count). The zero-order valence-corrected chi connectivity index (χ0v) is 10.0. The van der Waals surface area contributed by atoms with Crippen LogP contribution in [0.1, 0.15) is 11.1 Å². The van der Waals surface area contributed by atoms with E-state index >= 15 is 0 Å². The van der Waals surface area contributed by atoms with Crippen molar-refractivity contribution in [3.05, 3.63) is 77.9 Å². The molecule has 0 amide bonds. The van der Waals surface area contributed by atoms with Crippen molar-refractivity contribution in [3.63, 3.8) is 0 Å². The molecular weight excluding hydrogens is 220 g/mol. The number of fused-ring (bicyclic) bond motifs is 1. The van der Waals surface area contributed by atoms with Crippen molar-refractivity contribution in [3.8, 4) is 5.75 Å². The Morgan fingerprint density at radius 3 is 2.22 bits per heavy atom. The largest absolute Gasteiger partial charge is 0.508 e. The standard InChI is InChI=1S/C17H14O/c18-17-11-4-2-7-15(17)12-14-9-5-8-13-6-1-3-10-16(13)14/h1-11,18H,12H2. The maximum Gasteiger partial charge on any atom is 0.119 e. The highest BCUT2D eigenvalue weighted by molar-refractivity contribution is 5.86. The van der Waals surface area contributed by atoms with Crippen LogP contribution in [0.3, 0.4) is 0 Å². The van der Waals surface area contributed by atoms with E-state index in [-0.39, 0.29) is 0 Å². The number of para-hydroxylation sites is 1. The van der Waals surface area contributed by atoms with Crippen molar-refractivity contribution in [2.75, 3.05) is 0 Å². The minimum Gasteiger partial charge on any atom is -0.508 e. The van der Waals surface area contributed by atoms with Gasteiger partial charge in [-0.1, -0.05) is 60.7 Å². The van der Waals surface area contributed by atoms with Crippen LogP contribution in [-0.2, 0) is 6.42 Å². The van der Waals surface area contributed by atoms with Gasteiger partial charge in [0.1, 0.15) is 5.75 Å². The van der Waals surface area contributed by atoms with Crippen LogP contribution in [0.2, 0.25) is 0 Å². The SMILES string of the molecule is Oc1ccccc1Cc1cccc2ccccc12. The monoisotopic (exact) mass is 234 g/mol. The lowest BCUT2D eigenvalue weighted by atomic mass is 9.98. The van der Waals surface area contributed by atoms with Gasteiger partial charge < -0.3 is 5.11 Å². The topological polar surface area (TPSA) is 20.2 Å². The van der Waals surface area contributed by atoms with Gasteiger partial charge in [0.25, 0.3) is 0 Å². The molecule has 3 aromatic carbocycles. The van der Waals surface area contributed by atoms with Crippen LogP contribution in [-0.4, -0.2) is 5.11 Å². The first-order chi connectivity index (χ1) is 8.84. The van der Waals surface area contributed by atoms with E-state index in [2.05, 4.69) is 36.4 Å². The normalized spacial score (nSPS) is 10.7. The molecule has 3 aromatic rings. The summed E-state index contributed by atoms with van der Waals surface area (Å²) < 4.78 is 0. The van der Waals surface area contributed by atoms with Gasteiger partial charge in [-0.3, -0.25) is 0 Å². The third-order valence-electron chi connectivity index (χ3n) is 3.25. The molecule has 0 radical (unpaired) electrons. The number of phenolic OH excluding ortho intramolecular Hbond substituents is 1.